The molecule has 184 valence electrons. The highest BCUT2D eigenvalue weighted by Gasteiger charge is 2.31. The van der Waals surface area contributed by atoms with Crippen LogP contribution < -0.4 is 9.47 Å². The molecule has 3 rings (SSSR count). The molecule has 1 N–H and O–H groups in total. The Kier molecular flexibility index (Phi) is 8.12. The van der Waals surface area contributed by atoms with Crippen molar-refractivity contribution in [3.8, 4) is 11.5 Å². The number of aromatic nitrogens is 1. The molecule has 1 heterocycles. The van der Waals surface area contributed by atoms with E-state index in [9.17, 15) is 19.9 Å². The zero-order chi connectivity index (χ0) is 25.7. The number of rotatable bonds is 9. The average Bonchev–Trinajstić information content (AvgIpc) is 2.81. The quantitative estimate of drug-likeness (QED) is 0.209. The van der Waals surface area contributed by atoms with Crippen molar-refractivity contribution in [1.29, 1.82) is 0 Å². The number of hydrogen-bond acceptors (Lipinski definition) is 6. The number of pyridine rings is 1. The van der Waals surface area contributed by atoms with Crippen LogP contribution in [0.3, 0.4) is 0 Å². The molecule has 7 heteroatoms. The van der Waals surface area contributed by atoms with Gasteiger partial charge in [0.25, 0.3) is 0 Å². The Balaban J connectivity index is 1.78. The van der Waals surface area contributed by atoms with Crippen molar-refractivity contribution in [2.75, 3.05) is 7.11 Å². The number of aromatic hydroxyl groups is 1. The molecule has 1 aromatic heterocycles. The summed E-state index contributed by atoms with van der Waals surface area (Å²) < 4.78 is 11.1. The zero-order valence-electron chi connectivity index (χ0n) is 20.6. The maximum atomic E-state index is 12.9. The van der Waals surface area contributed by atoms with Crippen molar-refractivity contribution in [2.45, 2.75) is 46.1 Å². The van der Waals surface area contributed by atoms with Crippen LogP contribution in [-0.2, 0) is 9.53 Å². The van der Waals surface area contributed by atoms with Gasteiger partial charge in [-0.3, -0.25) is 9.59 Å². The second kappa shape index (κ2) is 11.0. The summed E-state index contributed by atoms with van der Waals surface area (Å²) in [7, 11) is 1.32. The number of carbonyl (C=O) groups excluding carboxylic acids is 2. The lowest BCUT2D eigenvalue weighted by Crippen LogP contribution is -2.35. The second-order valence-corrected chi connectivity index (χ2v) is 8.88. The highest BCUT2D eigenvalue weighted by Crippen LogP contribution is 2.32. The molecule has 0 saturated heterocycles. The number of hydrogen-bond donors (Lipinski definition) is 1. The van der Waals surface area contributed by atoms with Crippen LogP contribution in [-0.4, -0.2) is 30.1 Å². The molecular formula is C28H31NO6. The number of ketones is 1. The standard InChI is InChI=1S/C28H31NO6/c1-17-6-10-21(11-7-17)25(22-12-8-18(2)9-13-22)20(4)35-28(32)19(3)16-23(30)26-27(31)24(34-5)14-15-29(26)33/h6-15,19-20,25,31H,16H2,1-5H3/t19-,20+/m1/s1. The third-order valence-electron chi connectivity index (χ3n) is 6.06. The van der Waals surface area contributed by atoms with E-state index < -0.39 is 35.2 Å². The van der Waals surface area contributed by atoms with E-state index in [1.54, 1.807) is 6.92 Å². The predicted molar refractivity (Wildman–Crippen MR) is 131 cm³/mol. The van der Waals surface area contributed by atoms with Crippen LogP contribution in [0.4, 0.5) is 0 Å². The van der Waals surface area contributed by atoms with Gasteiger partial charge in [-0.1, -0.05) is 66.6 Å². The number of methoxy groups -OCH3 is 1. The first-order chi connectivity index (χ1) is 16.6. The zero-order valence-corrected chi connectivity index (χ0v) is 20.6. The van der Waals surface area contributed by atoms with Gasteiger partial charge < -0.3 is 19.8 Å². The topological polar surface area (TPSA) is 99.8 Å². The monoisotopic (exact) mass is 477 g/mol. The van der Waals surface area contributed by atoms with Crippen molar-refractivity contribution in [1.82, 2.24) is 0 Å². The van der Waals surface area contributed by atoms with Gasteiger partial charge in [0.15, 0.2) is 11.9 Å². The summed E-state index contributed by atoms with van der Waals surface area (Å²) in [5.74, 6) is -2.82. The number of esters is 1. The predicted octanol–water partition coefficient (Wildman–Crippen LogP) is 4.62. The van der Waals surface area contributed by atoms with E-state index in [2.05, 4.69) is 0 Å². The van der Waals surface area contributed by atoms with Crippen LogP contribution in [0.2, 0.25) is 0 Å². The van der Waals surface area contributed by atoms with Crippen LogP contribution in [0.25, 0.3) is 0 Å². The molecule has 2 aromatic carbocycles. The minimum atomic E-state index is -0.827. The number of carbonyl (C=O) groups is 2. The minimum Gasteiger partial charge on any atom is -0.618 e. The first kappa shape index (κ1) is 25.7. The Hall–Kier alpha value is -3.87. The smallest absolute Gasteiger partial charge is 0.309 e. The van der Waals surface area contributed by atoms with Gasteiger partial charge in [0.1, 0.15) is 6.10 Å². The Morgan fingerprint density at radius 2 is 1.46 bits per heavy atom. The van der Waals surface area contributed by atoms with E-state index in [-0.39, 0.29) is 22.8 Å². The normalized spacial score (nSPS) is 12.7. The maximum Gasteiger partial charge on any atom is 0.309 e. The first-order valence-electron chi connectivity index (χ1n) is 11.5. The lowest BCUT2D eigenvalue weighted by atomic mass is 9.86. The Morgan fingerprint density at radius 1 is 0.943 bits per heavy atom. The Morgan fingerprint density at radius 3 is 1.94 bits per heavy atom. The number of aryl methyl sites for hydroxylation is 2. The second-order valence-electron chi connectivity index (χ2n) is 8.88. The molecule has 0 spiro atoms. The van der Waals surface area contributed by atoms with E-state index in [1.165, 1.54) is 13.2 Å². The van der Waals surface area contributed by atoms with Gasteiger partial charge in [0.2, 0.25) is 11.5 Å². The third-order valence-corrected chi connectivity index (χ3v) is 6.06. The number of nitrogens with zero attached hydrogens (tertiary/aromatic N) is 1. The summed E-state index contributed by atoms with van der Waals surface area (Å²) in [5, 5.41) is 22.3. The van der Waals surface area contributed by atoms with E-state index in [0.29, 0.717) is 0 Å². The summed E-state index contributed by atoms with van der Waals surface area (Å²) in [6.07, 6.45) is 0.263. The van der Waals surface area contributed by atoms with E-state index in [1.807, 2.05) is 69.3 Å². The molecule has 0 unspecified atom stereocenters. The van der Waals surface area contributed by atoms with Crippen molar-refractivity contribution in [3.05, 3.63) is 93.9 Å². The number of Topliss-reactive ketones (excluding diaryl/α,β-unsaturated/α-hetero) is 1. The SMILES string of the molecule is COc1cc[n+]([O-])c(C(=O)C[C@@H](C)C(=O)O[C@@H](C)C(c2ccc(C)cc2)c2ccc(C)cc2)c1O. The average molecular weight is 478 g/mol. The van der Waals surface area contributed by atoms with Crippen molar-refractivity contribution < 1.29 is 28.9 Å². The van der Waals surface area contributed by atoms with Gasteiger partial charge in [-0.15, -0.1) is 0 Å². The molecule has 0 saturated carbocycles. The minimum absolute atomic E-state index is 0.00309. The van der Waals surface area contributed by atoms with Crippen molar-refractivity contribution in [3.63, 3.8) is 0 Å². The van der Waals surface area contributed by atoms with Crippen LogP contribution in [0, 0.1) is 25.0 Å². The molecule has 3 aromatic rings. The molecule has 0 aliphatic carbocycles. The lowest BCUT2D eigenvalue weighted by Gasteiger charge is -2.26. The lowest BCUT2D eigenvalue weighted by molar-refractivity contribution is -0.608. The fourth-order valence-electron chi connectivity index (χ4n) is 4.04. The molecule has 0 aliphatic heterocycles. The molecule has 0 bridgehead atoms. The molecule has 7 nitrogen and oxygen atoms in total. The van der Waals surface area contributed by atoms with Gasteiger partial charge in [0.05, 0.1) is 13.0 Å². The molecule has 0 radical (unpaired) electrons. The Bertz CT molecular complexity index is 1140. The summed E-state index contributed by atoms with van der Waals surface area (Å²) >= 11 is 0. The molecule has 0 fully saturated rings. The number of benzene rings is 2. The largest absolute Gasteiger partial charge is 0.618 e. The molecule has 2 atom stereocenters. The number of ether oxygens (including phenoxy) is 2. The van der Waals surface area contributed by atoms with E-state index in [0.717, 1.165) is 28.5 Å². The van der Waals surface area contributed by atoms with Crippen LogP contribution in [0.15, 0.2) is 60.8 Å². The molecule has 35 heavy (non-hydrogen) atoms. The van der Waals surface area contributed by atoms with Gasteiger partial charge in [-0.25, -0.2) is 0 Å². The van der Waals surface area contributed by atoms with Crippen molar-refractivity contribution in [2.24, 2.45) is 5.92 Å². The molecule has 0 amide bonds. The fourth-order valence-corrected chi connectivity index (χ4v) is 4.04. The summed E-state index contributed by atoms with van der Waals surface area (Å²) in [4.78, 5) is 25.7. The van der Waals surface area contributed by atoms with Gasteiger partial charge in [-0.05, 0) is 31.9 Å². The maximum absolute atomic E-state index is 12.9. The van der Waals surface area contributed by atoms with Crippen LogP contribution >= 0.6 is 0 Å². The summed E-state index contributed by atoms with van der Waals surface area (Å²) in [6, 6.07) is 17.4. The highest BCUT2D eigenvalue weighted by molar-refractivity contribution is 5.98. The van der Waals surface area contributed by atoms with Crippen LogP contribution in [0.5, 0.6) is 11.5 Å². The van der Waals surface area contributed by atoms with E-state index >= 15 is 0 Å². The first-order valence-corrected chi connectivity index (χ1v) is 11.5. The molecular weight excluding hydrogens is 446 g/mol. The highest BCUT2D eigenvalue weighted by atomic mass is 16.5. The third kappa shape index (κ3) is 5.98. The van der Waals surface area contributed by atoms with Gasteiger partial charge in [0, 0.05) is 18.4 Å². The van der Waals surface area contributed by atoms with E-state index in [4.69, 9.17) is 9.47 Å². The van der Waals surface area contributed by atoms with Crippen LogP contribution in [0.1, 0.15) is 58.9 Å². The summed E-state index contributed by atoms with van der Waals surface area (Å²) in [6.45, 7) is 7.42. The van der Waals surface area contributed by atoms with Gasteiger partial charge in [-0.2, -0.15) is 4.73 Å². The Labute approximate surface area is 205 Å². The fraction of sp³-hybridized carbons (Fsp3) is 0.321. The summed E-state index contributed by atoms with van der Waals surface area (Å²) in [5.41, 5.74) is 3.82. The molecule has 0 aliphatic rings. The van der Waals surface area contributed by atoms with Gasteiger partial charge >= 0.3 is 11.7 Å². The van der Waals surface area contributed by atoms with Crippen molar-refractivity contribution >= 4 is 11.8 Å².